The summed E-state index contributed by atoms with van der Waals surface area (Å²) >= 11 is 0. The predicted octanol–water partition coefficient (Wildman–Crippen LogP) is 2.56. The highest BCUT2D eigenvalue weighted by Gasteiger charge is 2.18. The first-order valence-corrected chi connectivity index (χ1v) is 6.80. The van der Waals surface area contributed by atoms with Gasteiger partial charge in [0.15, 0.2) is 0 Å². The molecule has 2 rings (SSSR count). The lowest BCUT2D eigenvalue weighted by Gasteiger charge is -2.24. The molecule has 1 N–H and O–H groups in total. The van der Waals surface area contributed by atoms with Crippen molar-refractivity contribution in [3.8, 4) is 0 Å². The second-order valence-corrected chi connectivity index (χ2v) is 4.81. The summed E-state index contributed by atoms with van der Waals surface area (Å²) in [5.41, 5.74) is 2.52. The maximum Gasteiger partial charge on any atom is 0.122 e. The molecule has 2 fully saturated rings. The Morgan fingerprint density at radius 2 is 2.44 bits per heavy atom. The van der Waals surface area contributed by atoms with Gasteiger partial charge < -0.3 is 14.8 Å². The van der Waals surface area contributed by atoms with Crippen LogP contribution in [0.4, 0.5) is 0 Å². The number of nitrogens with one attached hydrogen (secondary N) is 1. The summed E-state index contributed by atoms with van der Waals surface area (Å²) in [4.78, 5) is 0. The third-order valence-corrected chi connectivity index (χ3v) is 3.38. The first kappa shape index (κ1) is 13.4. The Balaban J connectivity index is 1.96. The standard InChI is InChI=1S/C15H23NO2/c1-3-5-15(14-7-4-6-12(14)2)18-11-13-10-16-8-9-17-13/h3,5,13,16H,2,4,6-11H2,1H3/b5-3-,15-14+. The highest BCUT2D eigenvalue weighted by Crippen LogP contribution is 2.32. The van der Waals surface area contributed by atoms with Crippen LogP contribution >= 0.6 is 0 Å². The number of rotatable bonds is 4. The minimum absolute atomic E-state index is 0.161. The van der Waals surface area contributed by atoms with Gasteiger partial charge in [-0.25, -0.2) is 0 Å². The minimum Gasteiger partial charge on any atom is -0.491 e. The van der Waals surface area contributed by atoms with Gasteiger partial charge in [0.25, 0.3) is 0 Å². The first-order valence-electron chi connectivity index (χ1n) is 6.80. The number of ether oxygens (including phenoxy) is 2. The van der Waals surface area contributed by atoms with E-state index in [2.05, 4.69) is 11.9 Å². The van der Waals surface area contributed by atoms with Crippen LogP contribution in [-0.4, -0.2) is 32.4 Å². The van der Waals surface area contributed by atoms with Crippen LogP contribution in [0.15, 0.2) is 35.6 Å². The first-order chi connectivity index (χ1) is 8.81. The molecule has 0 aromatic heterocycles. The van der Waals surface area contributed by atoms with E-state index in [0.717, 1.165) is 38.3 Å². The largest absolute Gasteiger partial charge is 0.491 e. The van der Waals surface area contributed by atoms with Gasteiger partial charge >= 0.3 is 0 Å². The Labute approximate surface area is 110 Å². The maximum atomic E-state index is 5.94. The van der Waals surface area contributed by atoms with Crippen LogP contribution in [0.1, 0.15) is 26.2 Å². The zero-order valence-corrected chi connectivity index (χ0v) is 11.2. The molecule has 18 heavy (non-hydrogen) atoms. The van der Waals surface area contributed by atoms with Crippen LogP contribution in [0.25, 0.3) is 0 Å². The third-order valence-electron chi connectivity index (χ3n) is 3.38. The van der Waals surface area contributed by atoms with E-state index in [9.17, 15) is 0 Å². The number of morpholine rings is 1. The molecular weight excluding hydrogens is 226 g/mol. The Bertz CT molecular complexity index is 352. The number of allylic oxidation sites excluding steroid dienone is 4. The molecule has 0 amide bonds. The second kappa shape index (κ2) is 6.76. The van der Waals surface area contributed by atoms with Gasteiger partial charge in [0.05, 0.1) is 6.61 Å². The quantitative estimate of drug-likeness (QED) is 0.777. The summed E-state index contributed by atoms with van der Waals surface area (Å²) in [5, 5.41) is 3.31. The highest BCUT2D eigenvalue weighted by molar-refractivity contribution is 5.38. The van der Waals surface area contributed by atoms with Crippen molar-refractivity contribution in [1.82, 2.24) is 5.32 Å². The number of hydrogen-bond acceptors (Lipinski definition) is 3. The average molecular weight is 249 g/mol. The molecule has 1 unspecified atom stereocenters. The van der Waals surface area contributed by atoms with E-state index in [1.165, 1.54) is 17.6 Å². The lowest BCUT2D eigenvalue weighted by atomic mass is 10.1. The van der Waals surface area contributed by atoms with E-state index in [-0.39, 0.29) is 6.10 Å². The average Bonchev–Trinajstić information content (AvgIpc) is 2.82. The molecule has 0 radical (unpaired) electrons. The van der Waals surface area contributed by atoms with Crippen LogP contribution in [0.3, 0.4) is 0 Å². The second-order valence-electron chi connectivity index (χ2n) is 4.81. The molecule has 1 aliphatic carbocycles. The third kappa shape index (κ3) is 3.47. The molecule has 0 bridgehead atoms. The van der Waals surface area contributed by atoms with Crippen molar-refractivity contribution in [2.45, 2.75) is 32.3 Å². The van der Waals surface area contributed by atoms with Gasteiger partial charge in [0.2, 0.25) is 0 Å². The van der Waals surface area contributed by atoms with Gasteiger partial charge in [-0.2, -0.15) is 0 Å². The van der Waals surface area contributed by atoms with E-state index in [4.69, 9.17) is 9.47 Å². The summed E-state index contributed by atoms with van der Waals surface area (Å²) in [6.45, 7) is 9.34. The van der Waals surface area contributed by atoms with Crippen molar-refractivity contribution in [3.05, 3.63) is 35.6 Å². The fraction of sp³-hybridized carbons (Fsp3) is 0.600. The van der Waals surface area contributed by atoms with Crippen LogP contribution in [0.2, 0.25) is 0 Å². The van der Waals surface area contributed by atoms with Crippen LogP contribution in [0, 0.1) is 0 Å². The molecule has 1 saturated heterocycles. The summed E-state index contributed by atoms with van der Waals surface area (Å²) in [7, 11) is 0. The lowest BCUT2D eigenvalue weighted by molar-refractivity contribution is -0.0141. The van der Waals surface area contributed by atoms with E-state index in [1.807, 2.05) is 19.1 Å². The lowest BCUT2D eigenvalue weighted by Crippen LogP contribution is -2.40. The maximum absolute atomic E-state index is 5.94. The Hall–Kier alpha value is -1.06. The molecule has 1 heterocycles. The molecular formula is C15H23NO2. The molecule has 2 aliphatic rings. The summed E-state index contributed by atoms with van der Waals surface area (Å²) in [6.07, 6.45) is 7.61. The normalized spacial score (nSPS) is 27.8. The smallest absolute Gasteiger partial charge is 0.122 e. The fourth-order valence-corrected chi connectivity index (χ4v) is 2.40. The molecule has 100 valence electrons. The minimum atomic E-state index is 0.161. The van der Waals surface area contributed by atoms with Gasteiger partial charge in [-0.3, -0.25) is 0 Å². The van der Waals surface area contributed by atoms with Crippen LogP contribution in [0.5, 0.6) is 0 Å². The van der Waals surface area contributed by atoms with Crippen molar-refractivity contribution >= 4 is 0 Å². The topological polar surface area (TPSA) is 30.5 Å². The van der Waals surface area contributed by atoms with E-state index in [1.54, 1.807) is 0 Å². The van der Waals surface area contributed by atoms with Gasteiger partial charge in [-0.1, -0.05) is 12.7 Å². The number of hydrogen-bond donors (Lipinski definition) is 1. The van der Waals surface area contributed by atoms with Gasteiger partial charge in [0, 0.05) is 13.1 Å². The molecule has 0 aromatic carbocycles. The van der Waals surface area contributed by atoms with Gasteiger partial charge in [-0.05, 0) is 43.4 Å². The molecule has 0 aromatic rings. The van der Waals surface area contributed by atoms with Crippen molar-refractivity contribution in [2.75, 3.05) is 26.3 Å². The summed E-state index contributed by atoms with van der Waals surface area (Å²) < 4.78 is 11.6. The summed E-state index contributed by atoms with van der Waals surface area (Å²) in [5.74, 6) is 0.981. The van der Waals surface area contributed by atoms with E-state index >= 15 is 0 Å². The molecule has 3 heteroatoms. The van der Waals surface area contributed by atoms with Crippen LogP contribution < -0.4 is 5.32 Å². The fourth-order valence-electron chi connectivity index (χ4n) is 2.40. The van der Waals surface area contributed by atoms with Crippen molar-refractivity contribution in [3.63, 3.8) is 0 Å². The van der Waals surface area contributed by atoms with Crippen LogP contribution in [-0.2, 0) is 9.47 Å². The highest BCUT2D eigenvalue weighted by atomic mass is 16.5. The van der Waals surface area contributed by atoms with Crippen molar-refractivity contribution in [1.29, 1.82) is 0 Å². The Morgan fingerprint density at radius 3 is 3.06 bits per heavy atom. The molecule has 1 saturated carbocycles. The Morgan fingerprint density at radius 1 is 1.56 bits per heavy atom. The summed E-state index contributed by atoms with van der Waals surface area (Å²) in [6, 6.07) is 0. The van der Waals surface area contributed by atoms with Gasteiger partial charge in [-0.15, -0.1) is 0 Å². The zero-order chi connectivity index (χ0) is 12.8. The Kier molecular flexibility index (Phi) is 5.02. The molecule has 1 aliphatic heterocycles. The monoisotopic (exact) mass is 249 g/mol. The molecule has 1 atom stereocenters. The molecule has 3 nitrogen and oxygen atoms in total. The van der Waals surface area contributed by atoms with E-state index in [0.29, 0.717) is 6.61 Å². The van der Waals surface area contributed by atoms with Gasteiger partial charge in [0.1, 0.15) is 18.5 Å². The molecule has 0 spiro atoms. The predicted molar refractivity (Wildman–Crippen MR) is 73.4 cm³/mol. The van der Waals surface area contributed by atoms with E-state index < -0.39 is 0 Å². The SMILES string of the molecule is C=C1CCC/C1=C(/C=C\C)OCC1CNCCO1. The zero-order valence-electron chi connectivity index (χ0n) is 11.2. The van der Waals surface area contributed by atoms with Crippen molar-refractivity contribution in [2.24, 2.45) is 0 Å². The van der Waals surface area contributed by atoms with Crippen molar-refractivity contribution < 1.29 is 9.47 Å².